The topological polar surface area (TPSA) is 77.8 Å². The lowest BCUT2D eigenvalue weighted by Gasteiger charge is -2.16. The summed E-state index contributed by atoms with van der Waals surface area (Å²) >= 11 is 0. The van der Waals surface area contributed by atoms with Gasteiger partial charge in [-0.15, -0.1) is 0 Å². The lowest BCUT2D eigenvalue weighted by molar-refractivity contribution is -0.125. The molecule has 0 spiro atoms. The maximum atomic E-state index is 11.3. The third kappa shape index (κ3) is 7.31. The minimum atomic E-state index is -3.89. The lowest BCUT2D eigenvalue weighted by Crippen LogP contribution is -2.28. The van der Waals surface area contributed by atoms with Crippen LogP contribution in [-0.4, -0.2) is 40.3 Å². The number of amides is 1. The van der Waals surface area contributed by atoms with Gasteiger partial charge >= 0.3 is 7.60 Å². The van der Waals surface area contributed by atoms with Crippen LogP contribution in [0.2, 0.25) is 0 Å². The van der Waals surface area contributed by atoms with E-state index in [1.807, 2.05) is 0 Å². The van der Waals surface area contributed by atoms with Crippen molar-refractivity contribution in [2.75, 3.05) is 19.8 Å². The van der Waals surface area contributed by atoms with E-state index in [0.29, 0.717) is 25.0 Å². The van der Waals surface area contributed by atoms with E-state index in [-0.39, 0.29) is 12.1 Å². The van der Waals surface area contributed by atoms with Gasteiger partial charge in [0, 0.05) is 25.3 Å². The minimum Gasteiger partial charge on any atom is -0.342 e. The van der Waals surface area contributed by atoms with Crippen molar-refractivity contribution in [3.8, 4) is 0 Å². The number of hydrogen-bond acceptors (Lipinski definition) is 2. The van der Waals surface area contributed by atoms with Crippen molar-refractivity contribution >= 4 is 13.5 Å². The van der Waals surface area contributed by atoms with Gasteiger partial charge < -0.3 is 14.7 Å². The van der Waals surface area contributed by atoms with Gasteiger partial charge in [0.15, 0.2) is 0 Å². The van der Waals surface area contributed by atoms with E-state index in [1.54, 1.807) is 14.0 Å². The lowest BCUT2D eigenvalue weighted by atomic mass is 10.2. The van der Waals surface area contributed by atoms with Gasteiger partial charge in [-0.1, -0.05) is 6.58 Å². The third-order valence-electron chi connectivity index (χ3n) is 1.90. The molecule has 88 valence electrons. The molecule has 0 aromatic heterocycles. The van der Waals surface area contributed by atoms with Crippen LogP contribution in [0.15, 0.2) is 12.2 Å². The van der Waals surface area contributed by atoms with Gasteiger partial charge in [-0.25, -0.2) is 0 Å². The first-order valence-electron chi connectivity index (χ1n) is 4.69. The summed E-state index contributed by atoms with van der Waals surface area (Å²) in [5, 5.41) is 0. The van der Waals surface area contributed by atoms with Gasteiger partial charge in [-0.2, -0.15) is 0 Å². The summed E-state index contributed by atoms with van der Waals surface area (Å²) < 4.78 is 10.5. The molecule has 1 amide bonds. The zero-order valence-electron chi connectivity index (χ0n) is 9.14. The molecule has 0 saturated carbocycles. The molecule has 0 atom stereocenters. The SMILES string of the molecule is C=C(C)C(=O)N(C)CCCCP(=O)(O)O. The summed E-state index contributed by atoms with van der Waals surface area (Å²) in [6, 6.07) is 0. The molecule has 0 aromatic rings. The molecule has 2 N–H and O–H groups in total. The second kappa shape index (κ2) is 6.05. The molecule has 0 radical (unpaired) electrons. The highest BCUT2D eigenvalue weighted by Gasteiger charge is 2.13. The van der Waals surface area contributed by atoms with Gasteiger partial charge in [0.25, 0.3) is 0 Å². The second-order valence-corrected chi connectivity index (χ2v) is 5.38. The molecule has 0 fully saturated rings. The Kier molecular flexibility index (Phi) is 5.80. The third-order valence-corrected chi connectivity index (χ3v) is 2.80. The fraction of sp³-hybridized carbons (Fsp3) is 0.667. The number of nitrogens with zero attached hydrogens (tertiary/aromatic N) is 1. The van der Waals surface area contributed by atoms with Crippen LogP contribution in [0.5, 0.6) is 0 Å². The average molecular weight is 235 g/mol. The Morgan fingerprint density at radius 3 is 2.33 bits per heavy atom. The first-order chi connectivity index (χ1) is 6.74. The van der Waals surface area contributed by atoms with Crippen LogP contribution in [0.4, 0.5) is 0 Å². The van der Waals surface area contributed by atoms with Gasteiger partial charge in [0.05, 0.1) is 0 Å². The van der Waals surface area contributed by atoms with E-state index in [1.165, 1.54) is 4.90 Å². The summed E-state index contributed by atoms with van der Waals surface area (Å²) in [5.74, 6) is -0.133. The Labute approximate surface area is 89.9 Å². The Hall–Kier alpha value is -0.640. The number of rotatable bonds is 6. The number of hydrogen-bond donors (Lipinski definition) is 2. The van der Waals surface area contributed by atoms with Crippen molar-refractivity contribution in [1.29, 1.82) is 0 Å². The average Bonchev–Trinajstić information content (AvgIpc) is 2.09. The van der Waals surface area contributed by atoms with Crippen molar-refractivity contribution in [1.82, 2.24) is 4.90 Å². The van der Waals surface area contributed by atoms with Gasteiger partial charge in [-0.3, -0.25) is 9.36 Å². The predicted molar refractivity (Wildman–Crippen MR) is 58.6 cm³/mol. The smallest absolute Gasteiger partial charge is 0.325 e. The van der Waals surface area contributed by atoms with Crippen LogP contribution >= 0.6 is 7.60 Å². The van der Waals surface area contributed by atoms with Crippen LogP contribution in [0.25, 0.3) is 0 Å². The molecule has 0 aliphatic heterocycles. The largest absolute Gasteiger partial charge is 0.342 e. The van der Waals surface area contributed by atoms with Crippen molar-refractivity contribution in [3.63, 3.8) is 0 Å². The summed E-state index contributed by atoms with van der Waals surface area (Å²) in [6.45, 7) is 5.65. The van der Waals surface area contributed by atoms with E-state index < -0.39 is 7.60 Å². The van der Waals surface area contributed by atoms with E-state index in [0.717, 1.165) is 0 Å². The number of unbranched alkanes of at least 4 members (excludes halogenated alkanes) is 1. The molecule has 0 aliphatic rings. The molecule has 5 nitrogen and oxygen atoms in total. The number of carbonyl (C=O) groups is 1. The van der Waals surface area contributed by atoms with Crippen molar-refractivity contribution in [3.05, 3.63) is 12.2 Å². The molecule has 0 bridgehead atoms. The molecule has 0 heterocycles. The highest BCUT2D eigenvalue weighted by Crippen LogP contribution is 2.35. The van der Waals surface area contributed by atoms with E-state index in [2.05, 4.69) is 6.58 Å². The molecular formula is C9H18NO4P. The highest BCUT2D eigenvalue weighted by atomic mass is 31.2. The molecule has 6 heteroatoms. The van der Waals surface area contributed by atoms with Crippen LogP contribution in [0.3, 0.4) is 0 Å². The van der Waals surface area contributed by atoms with Crippen molar-refractivity contribution in [2.24, 2.45) is 0 Å². The van der Waals surface area contributed by atoms with Crippen LogP contribution in [-0.2, 0) is 9.36 Å². The Bertz CT molecular complexity index is 284. The normalized spacial score (nSPS) is 11.2. The molecule has 15 heavy (non-hydrogen) atoms. The Morgan fingerprint density at radius 2 is 1.93 bits per heavy atom. The van der Waals surface area contributed by atoms with Crippen molar-refractivity contribution < 1.29 is 19.1 Å². The summed E-state index contributed by atoms with van der Waals surface area (Å²) in [6.07, 6.45) is 0.876. The standard InChI is InChI=1S/C9H18NO4P/c1-8(2)9(11)10(3)6-4-5-7-15(12,13)14/h1,4-7H2,2-3H3,(H2,12,13,14). The van der Waals surface area contributed by atoms with E-state index in [9.17, 15) is 9.36 Å². The van der Waals surface area contributed by atoms with Gasteiger partial charge in [-0.05, 0) is 19.8 Å². The zero-order chi connectivity index (χ0) is 12.1. The summed E-state index contributed by atoms with van der Waals surface area (Å²) in [7, 11) is -2.24. The van der Waals surface area contributed by atoms with Crippen LogP contribution in [0.1, 0.15) is 19.8 Å². The monoisotopic (exact) mass is 235 g/mol. The zero-order valence-corrected chi connectivity index (χ0v) is 10.0. The fourth-order valence-corrected chi connectivity index (χ4v) is 1.73. The Balaban J connectivity index is 3.74. The molecule has 0 unspecified atom stereocenters. The highest BCUT2D eigenvalue weighted by molar-refractivity contribution is 7.51. The van der Waals surface area contributed by atoms with Crippen LogP contribution in [0, 0.1) is 0 Å². The first-order valence-corrected chi connectivity index (χ1v) is 6.49. The minimum absolute atomic E-state index is 0.123. The quantitative estimate of drug-likeness (QED) is 0.408. The van der Waals surface area contributed by atoms with E-state index >= 15 is 0 Å². The van der Waals surface area contributed by atoms with Crippen molar-refractivity contribution in [2.45, 2.75) is 19.8 Å². The predicted octanol–water partition coefficient (Wildman–Crippen LogP) is 0.979. The van der Waals surface area contributed by atoms with E-state index in [4.69, 9.17) is 9.79 Å². The molecule has 0 aromatic carbocycles. The molecule has 0 aliphatic carbocycles. The van der Waals surface area contributed by atoms with Gasteiger partial charge in [0.1, 0.15) is 0 Å². The first kappa shape index (κ1) is 14.4. The molecular weight excluding hydrogens is 217 g/mol. The maximum Gasteiger partial charge on any atom is 0.325 e. The fourth-order valence-electron chi connectivity index (χ4n) is 1.09. The maximum absolute atomic E-state index is 11.3. The summed E-state index contributed by atoms with van der Waals surface area (Å²) in [4.78, 5) is 30.0. The van der Waals surface area contributed by atoms with Crippen LogP contribution < -0.4 is 0 Å². The molecule has 0 saturated heterocycles. The number of carbonyl (C=O) groups excluding carboxylic acids is 1. The second-order valence-electron chi connectivity index (χ2n) is 3.60. The van der Waals surface area contributed by atoms with Gasteiger partial charge in [0.2, 0.25) is 5.91 Å². The summed E-state index contributed by atoms with van der Waals surface area (Å²) in [5.41, 5.74) is 0.465. The number of likely N-dealkylation sites (N-methyl/N-ethyl adjacent to an activating group) is 1. The molecule has 0 rings (SSSR count). The Morgan fingerprint density at radius 1 is 1.40 bits per heavy atom.